The van der Waals surface area contributed by atoms with E-state index in [-0.39, 0.29) is 23.0 Å². The number of amides is 3. The van der Waals surface area contributed by atoms with Crippen molar-refractivity contribution in [1.82, 2.24) is 4.90 Å². The number of hydrogen-bond acceptors (Lipinski definition) is 2. The first kappa shape index (κ1) is 17.5. The molecule has 0 aromatic heterocycles. The second kappa shape index (κ2) is 7.25. The van der Waals surface area contributed by atoms with Gasteiger partial charge in [0.2, 0.25) is 5.91 Å². The number of halogens is 1. The molecule has 1 atom stereocenters. The number of hydrogen-bond donors (Lipinski definition) is 2. The van der Waals surface area contributed by atoms with Gasteiger partial charge in [-0.25, -0.2) is 9.18 Å². The molecule has 3 rings (SSSR count). The van der Waals surface area contributed by atoms with Gasteiger partial charge >= 0.3 is 6.03 Å². The third-order valence-electron chi connectivity index (χ3n) is 5.04. The van der Waals surface area contributed by atoms with Gasteiger partial charge in [-0.2, -0.15) is 0 Å². The maximum absolute atomic E-state index is 14.0. The van der Waals surface area contributed by atoms with E-state index in [1.807, 2.05) is 0 Å². The highest BCUT2D eigenvalue weighted by molar-refractivity contribution is 5.92. The first-order chi connectivity index (χ1) is 12.0. The smallest absolute Gasteiger partial charge is 0.321 e. The van der Waals surface area contributed by atoms with Crippen LogP contribution in [-0.4, -0.2) is 29.9 Å². The van der Waals surface area contributed by atoms with E-state index in [1.54, 1.807) is 4.90 Å². The molecule has 3 amide bonds. The van der Waals surface area contributed by atoms with Crippen LogP contribution in [0.15, 0.2) is 30.4 Å². The number of rotatable bonds is 2. The van der Waals surface area contributed by atoms with Gasteiger partial charge in [-0.1, -0.05) is 12.2 Å². The van der Waals surface area contributed by atoms with E-state index in [4.69, 9.17) is 0 Å². The Labute approximate surface area is 147 Å². The summed E-state index contributed by atoms with van der Waals surface area (Å²) in [5, 5.41) is 5.25. The van der Waals surface area contributed by atoms with Crippen LogP contribution in [0.1, 0.15) is 39.0 Å². The molecule has 1 aromatic carbocycles. The van der Waals surface area contributed by atoms with Crippen LogP contribution < -0.4 is 10.6 Å². The van der Waals surface area contributed by atoms with E-state index < -0.39 is 5.82 Å². The van der Waals surface area contributed by atoms with Crippen molar-refractivity contribution in [3.05, 3.63) is 36.2 Å². The fraction of sp³-hybridized carbons (Fsp3) is 0.474. The summed E-state index contributed by atoms with van der Waals surface area (Å²) >= 11 is 0. The van der Waals surface area contributed by atoms with Crippen molar-refractivity contribution < 1.29 is 14.0 Å². The molecular formula is C19H24FN3O2. The minimum Gasteiger partial charge on any atom is -0.326 e. The van der Waals surface area contributed by atoms with Crippen LogP contribution in [0.2, 0.25) is 0 Å². The molecule has 0 unspecified atom stereocenters. The van der Waals surface area contributed by atoms with E-state index in [9.17, 15) is 14.0 Å². The summed E-state index contributed by atoms with van der Waals surface area (Å²) in [6.45, 7) is 2.77. The predicted octanol–water partition coefficient (Wildman–Crippen LogP) is 4.14. The molecule has 1 heterocycles. The Morgan fingerprint density at radius 3 is 2.76 bits per heavy atom. The molecule has 1 aliphatic heterocycles. The SMILES string of the molecule is CC(=O)Nc1ccc(F)c(NC(=O)N2CCC[C@]3(CC=CCC3)C2)c1. The van der Waals surface area contributed by atoms with Crippen molar-refractivity contribution >= 4 is 23.3 Å². The Morgan fingerprint density at radius 2 is 2.04 bits per heavy atom. The minimum absolute atomic E-state index is 0.0828. The fourth-order valence-corrected chi connectivity index (χ4v) is 3.79. The molecule has 0 radical (unpaired) electrons. The number of nitrogens with zero attached hydrogens (tertiary/aromatic N) is 1. The number of piperidine rings is 1. The Bertz CT molecular complexity index is 704. The number of likely N-dealkylation sites (tertiary alicyclic amines) is 1. The second-order valence-corrected chi connectivity index (χ2v) is 7.05. The first-order valence-corrected chi connectivity index (χ1v) is 8.76. The molecule has 2 N–H and O–H groups in total. The van der Waals surface area contributed by atoms with E-state index in [0.717, 1.165) is 32.1 Å². The Hall–Kier alpha value is -2.37. The van der Waals surface area contributed by atoms with Crippen LogP contribution >= 0.6 is 0 Å². The average Bonchev–Trinajstić information content (AvgIpc) is 2.58. The summed E-state index contributed by atoms with van der Waals surface area (Å²) in [4.78, 5) is 25.6. The quantitative estimate of drug-likeness (QED) is 0.792. The zero-order valence-corrected chi connectivity index (χ0v) is 14.5. The van der Waals surface area contributed by atoms with Crippen molar-refractivity contribution in [2.24, 2.45) is 5.41 Å². The lowest BCUT2D eigenvalue weighted by molar-refractivity contribution is -0.114. The molecule has 0 bridgehead atoms. The zero-order valence-electron chi connectivity index (χ0n) is 14.5. The van der Waals surface area contributed by atoms with Crippen LogP contribution in [0.25, 0.3) is 0 Å². The van der Waals surface area contributed by atoms with Crippen LogP contribution in [-0.2, 0) is 4.79 Å². The molecule has 25 heavy (non-hydrogen) atoms. The largest absolute Gasteiger partial charge is 0.326 e. The number of carbonyl (C=O) groups is 2. The molecule has 0 saturated carbocycles. The van der Waals surface area contributed by atoms with Crippen LogP contribution in [0.3, 0.4) is 0 Å². The molecule has 2 aliphatic rings. The summed E-state index contributed by atoms with van der Waals surface area (Å²) in [6, 6.07) is 3.87. The third kappa shape index (κ3) is 4.18. The van der Waals surface area contributed by atoms with Crippen LogP contribution in [0.5, 0.6) is 0 Å². The lowest BCUT2D eigenvalue weighted by Gasteiger charge is -2.43. The summed E-state index contributed by atoms with van der Waals surface area (Å²) in [6.07, 6.45) is 9.67. The first-order valence-electron chi connectivity index (χ1n) is 8.76. The molecule has 134 valence electrons. The lowest BCUT2D eigenvalue weighted by Crippen LogP contribution is -2.48. The number of allylic oxidation sites excluding steroid dienone is 2. The standard InChI is InChI=1S/C19H24FN3O2/c1-14(24)21-15-6-7-16(20)17(12-15)22-18(25)23-11-5-10-19(13-23)8-3-2-4-9-19/h2-3,6-7,12H,4-5,8-11,13H2,1H3,(H,21,24)(H,22,25)/t19-/m1/s1. The third-order valence-corrected chi connectivity index (χ3v) is 5.04. The van der Waals surface area contributed by atoms with Crippen LogP contribution in [0.4, 0.5) is 20.6 Å². The van der Waals surface area contributed by atoms with Gasteiger partial charge in [0, 0.05) is 25.7 Å². The molecule has 1 spiro atoms. The Balaban J connectivity index is 1.69. The van der Waals surface area contributed by atoms with Gasteiger partial charge in [0.15, 0.2) is 0 Å². The zero-order chi connectivity index (χ0) is 17.9. The predicted molar refractivity (Wildman–Crippen MR) is 96.0 cm³/mol. The highest BCUT2D eigenvalue weighted by Crippen LogP contribution is 2.40. The molecule has 1 aliphatic carbocycles. The van der Waals surface area contributed by atoms with Gasteiger partial charge in [0.1, 0.15) is 5.82 Å². The lowest BCUT2D eigenvalue weighted by atomic mass is 9.71. The molecule has 5 nitrogen and oxygen atoms in total. The van der Waals surface area contributed by atoms with Gasteiger partial charge in [-0.3, -0.25) is 4.79 Å². The monoisotopic (exact) mass is 345 g/mol. The summed E-state index contributed by atoms with van der Waals surface area (Å²) in [5.74, 6) is -0.762. The number of benzene rings is 1. The van der Waals surface area contributed by atoms with Crippen molar-refractivity contribution in [3.8, 4) is 0 Å². The van der Waals surface area contributed by atoms with E-state index in [2.05, 4.69) is 22.8 Å². The van der Waals surface area contributed by atoms with Gasteiger partial charge in [-0.15, -0.1) is 0 Å². The topological polar surface area (TPSA) is 61.4 Å². The second-order valence-electron chi connectivity index (χ2n) is 7.05. The van der Waals surface area contributed by atoms with Crippen LogP contribution in [0, 0.1) is 11.2 Å². The number of carbonyl (C=O) groups excluding carboxylic acids is 2. The highest BCUT2D eigenvalue weighted by atomic mass is 19.1. The van der Waals surface area contributed by atoms with Crippen molar-refractivity contribution in [2.45, 2.75) is 39.0 Å². The normalized spacial score (nSPS) is 22.7. The maximum atomic E-state index is 14.0. The number of urea groups is 1. The summed E-state index contributed by atoms with van der Waals surface area (Å²) < 4.78 is 14.0. The van der Waals surface area contributed by atoms with E-state index in [0.29, 0.717) is 18.8 Å². The Morgan fingerprint density at radius 1 is 1.20 bits per heavy atom. The van der Waals surface area contributed by atoms with Gasteiger partial charge < -0.3 is 15.5 Å². The molecule has 6 heteroatoms. The molecule has 1 saturated heterocycles. The van der Waals surface area contributed by atoms with Gasteiger partial charge in [0.05, 0.1) is 5.69 Å². The maximum Gasteiger partial charge on any atom is 0.321 e. The van der Waals surface area contributed by atoms with Crippen molar-refractivity contribution in [3.63, 3.8) is 0 Å². The highest BCUT2D eigenvalue weighted by Gasteiger charge is 2.36. The van der Waals surface area contributed by atoms with E-state index >= 15 is 0 Å². The van der Waals surface area contributed by atoms with Crippen molar-refractivity contribution in [2.75, 3.05) is 23.7 Å². The van der Waals surface area contributed by atoms with Gasteiger partial charge in [-0.05, 0) is 55.7 Å². The average molecular weight is 345 g/mol. The fourth-order valence-electron chi connectivity index (χ4n) is 3.79. The van der Waals surface area contributed by atoms with Gasteiger partial charge in [0.25, 0.3) is 0 Å². The molecule has 1 fully saturated rings. The minimum atomic E-state index is -0.519. The van der Waals surface area contributed by atoms with Crippen molar-refractivity contribution in [1.29, 1.82) is 0 Å². The van der Waals surface area contributed by atoms with E-state index in [1.165, 1.54) is 25.1 Å². The summed E-state index contributed by atoms with van der Waals surface area (Å²) in [7, 11) is 0. The number of anilines is 2. The number of nitrogens with one attached hydrogen (secondary N) is 2. The Kier molecular flexibility index (Phi) is 5.06. The summed E-state index contributed by atoms with van der Waals surface area (Å²) in [5.41, 5.74) is 0.706. The molecule has 1 aromatic rings. The molecular weight excluding hydrogens is 321 g/mol.